The zero-order valence-electron chi connectivity index (χ0n) is 16.6. The highest BCUT2D eigenvalue weighted by Crippen LogP contribution is 2.33. The topological polar surface area (TPSA) is 78.9 Å². The van der Waals surface area contributed by atoms with Crippen molar-refractivity contribution >= 4 is 11.9 Å². The Morgan fingerprint density at radius 2 is 2.00 bits per heavy atom. The second-order valence-corrected chi connectivity index (χ2v) is 7.95. The molecule has 152 valence electrons. The fourth-order valence-corrected chi connectivity index (χ4v) is 4.29. The van der Waals surface area contributed by atoms with Gasteiger partial charge in [-0.15, -0.1) is 0 Å². The molecule has 0 bridgehead atoms. The van der Waals surface area contributed by atoms with Crippen molar-refractivity contribution in [3.63, 3.8) is 0 Å². The summed E-state index contributed by atoms with van der Waals surface area (Å²) in [5.41, 5.74) is 2.74. The second kappa shape index (κ2) is 8.25. The highest BCUT2D eigenvalue weighted by molar-refractivity contribution is 5.95. The van der Waals surface area contributed by atoms with Crippen molar-refractivity contribution in [3.05, 3.63) is 64.7 Å². The average molecular weight is 394 g/mol. The first kappa shape index (κ1) is 19.5. The van der Waals surface area contributed by atoms with Crippen LogP contribution in [0.5, 0.6) is 5.75 Å². The zero-order valence-corrected chi connectivity index (χ0v) is 16.6. The van der Waals surface area contributed by atoms with Crippen molar-refractivity contribution in [3.8, 4) is 5.75 Å². The Labute approximate surface area is 170 Å². The van der Waals surface area contributed by atoms with Crippen molar-refractivity contribution in [2.24, 2.45) is 0 Å². The van der Waals surface area contributed by atoms with Gasteiger partial charge in [0.1, 0.15) is 5.75 Å². The molecule has 6 heteroatoms. The van der Waals surface area contributed by atoms with Gasteiger partial charge < -0.3 is 20.1 Å². The third-order valence-corrected chi connectivity index (χ3v) is 5.85. The third-order valence-electron chi connectivity index (χ3n) is 5.85. The number of carboxylic acids is 1. The molecule has 6 nitrogen and oxygen atoms in total. The third kappa shape index (κ3) is 4.27. The number of piperidine rings is 1. The Kier molecular flexibility index (Phi) is 5.53. The lowest BCUT2D eigenvalue weighted by Gasteiger charge is -2.30. The van der Waals surface area contributed by atoms with Crippen LogP contribution in [0.15, 0.2) is 42.5 Å². The van der Waals surface area contributed by atoms with Crippen LogP contribution in [0.3, 0.4) is 0 Å². The first-order valence-corrected chi connectivity index (χ1v) is 10.1. The normalized spacial score (nSPS) is 21.7. The molecule has 0 aliphatic carbocycles. The molecule has 0 saturated carbocycles. The average Bonchev–Trinajstić information content (AvgIpc) is 2.73. The molecule has 2 N–H and O–H groups in total. The molecule has 2 aromatic carbocycles. The van der Waals surface area contributed by atoms with E-state index < -0.39 is 5.97 Å². The highest BCUT2D eigenvalue weighted by Gasteiger charge is 2.25. The van der Waals surface area contributed by atoms with Gasteiger partial charge in [-0.25, -0.2) is 4.79 Å². The van der Waals surface area contributed by atoms with Gasteiger partial charge in [-0.2, -0.15) is 0 Å². The van der Waals surface area contributed by atoms with Crippen LogP contribution in [0.2, 0.25) is 0 Å². The number of ether oxygens (including phenoxy) is 1. The number of aromatic carboxylic acids is 1. The maximum atomic E-state index is 13.0. The molecule has 2 atom stereocenters. The van der Waals surface area contributed by atoms with Crippen molar-refractivity contribution in [2.75, 3.05) is 26.7 Å². The molecule has 29 heavy (non-hydrogen) atoms. The van der Waals surface area contributed by atoms with Crippen LogP contribution in [0.25, 0.3) is 0 Å². The monoisotopic (exact) mass is 394 g/mol. The molecule has 1 fully saturated rings. The lowest BCUT2D eigenvalue weighted by molar-refractivity contribution is 0.0696. The molecule has 2 unspecified atom stereocenters. The fourth-order valence-electron chi connectivity index (χ4n) is 4.29. The fraction of sp³-hybridized carbons (Fsp3) is 0.391. The largest absolute Gasteiger partial charge is 0.493 e. The van der Waals surface area contributed by atoms with Gasteiger partial charge in [0.2, 0.25) is 0 Å². The maximum absolute atomic E-state index is 13.0. The van der Waals surface area contributed by atoms with Gasteiger partial charge in [-0.05, 0) is 68.2 Å². The minimum atomic E-state index is -0.992. The quantitative estimate of drug-likeness (QED) is 0.830. The van der Waals surface area contributed by atoms with Crippen LogP contribution in [0, 0.1) is 0 Å². The number of amides is 1. The van der Waals surface area contributed by atoms with Gasteiger partial charge in [-0.1, -0.05) is 12.1 Å². The number of likely N-dealkylation sites (N-methyl/N-ethyl adjacent to an activating group) is 1. The molecule has 0 aromatic heterocycles. The zero-order chi connectivity index (χ0) is 20.4. The smallest absolute Gasteiger partial charge is 0.335 e. The molecule has 1 saturated heterocycles. The van der Waals surface area contributed by atoms with Crippen molar-refractivity contribution < 1.29 is 19.4 Å². The summed E-state index contributed by atoms with van der Waals surface area (Å²) in [5.74, 6) is -0.0582. The van der Waals surface area contributed by atoms with Crippen molar-refractivity contribution in [2.45, 2.75) is 31.2 Å². The minimum absolute atomic E-state index is 0.144. The molecule has 0 spiro atoms. The number of carboxylic acid groups (broad SMARTS) is 1. The Hall–Kier alpha value is -2.86. The van der Waals surface area contributed by atoms with Crippen LogP contribution in [0.1, 0.15) is 63.1 Å². The SMILES string of the molecule is CN1CCCC(c2cccc(C(=O)NC3CCOc4ccc(C(=O)O)cc43)c2)C1. The van der Waals surface area contributed by atoms with Gasteiger partial charge >= 0.3 is 5.97 Å². The van der Waals surface area contributed by atoms with Crippen molar-refractivity contribution in [1.82, 2.24) is 10.2 Å². The van der Waals surface area contributed by atoms with E-state index >= 15 is 0 Å². The predicted octanol–water partition coefficient (Wildman–Crippen LogP) is 3.45. The number of hydrogen-bond acceptors (Lipinski definition) is 4. The number of rotatable bonds is 4. The lowest BCUT2D eigenvalue weighted by atomic mass is 9.90. The summed E-state index contributed by atoms with van der Waals surface area (Å²) in [6.45, 7) is 2.62. The number of nitrogens with one attached hydrogen (secondary N) is 1. The van der Waals surface area contributed by atoms with Crippen LogP contribution in [-0.4, -0.2) is 48.6 Å². The van der Waals surface area contributed by atoms with Crippen LogP contribution in [0.4, 0.5) is 0 Å². The highest BCUT2D eigenvalue weighted by atomic mass is 16.5. The molecule has 2 aromatic rings. The van der Waals surface area contributed by atoms with E-state index in [0.29, 0.717) is 30.3 Å². The van der Waals surface area contributed by atoms with E-state index in [1.165, 1.54) is 18.1 Å². The van der Waals surface area contributed by atoms with E-state index in [2.05, 4.69) is 23.3 Å². The summed E-state index contributed by atoms with van der Waals surface area (Å²) in [4.78, 5) is 26.6. The summed E-state index contributed by atoms with van der Waals surface area (Å²) in [7, 11) is 2.14. The molecular formula is C23H26N2O4. The van der Waals surface area contributed by atoms with Crippen molar-refractivity contribution in [1.29, 1.82) is 0 Å². The number of fused-ring (bicyclic) bond motifs is 1. The maximum Gasteiger partial charge on any atom is 0.335 e. The first-order valence-electron chi connectivity index (χ1n) is 10.1. The number of hydrogen-bond donors (Lipinski definition) is 2. The van der Waals surface area contributed by atoms with E-state index in [0.717, 1.165) is 25.1 Å². The molecule has 0 radical (unpaired) electrons. The standard InChI is InChI=1S/C23H26N2O4/c1-25-10-3-6-18(14-25)15-4-2-5-16(12-15)22(26)24-20-9-11-29-21-8-7-17(23(27)28)13-19(20)21/h2,4-5,7-8,12-13,18,20H,3,6,9-11,14H2,1H3,(H,24,26)(H,27,28). The Balaban J connectivity index is 1.53. The van der Waals surface area contributed by atoms with Crippen LogP contribution < -0.4 is 10.1 Å². The van der Waals surface area contributed by atoms with E-state index in [-0.39, 0.29) is 17.5 Å². The summed E-state index contributed by atoms with van der Waals surface area (Å²) in [6, 6.07) is 12.4. The number of carbonyl (C=O) groups excluding carboxylic acids is 1. The Bertz CT molecular complexity index is 927. The van der Waals surface area contributed by atoms with Gasteiger partial charge in [0.05, 0.1) is 18.2 Å². The molecule has 1 amide bonds. The summed E-state index contributed by atoms with van der Waals surface area (Å²) in [5, 5.41) is 12.3. The Morgan fingerprint density at radius 3 is 2.79 bits per heavy atom. The van der Waals surface area contributed by atoms with E-state index in [4.69, 9.17) is 4.74 Å². The molecule has 4 rings (SSSR count). The van der Waals surface area contributed by atoms with Gasteiger partial charge in [0.25, 0.3) is 5.91 Å². The van der Waals surface area contributed by atoms with Crippen LogP contribution in [-0.2, 0) is 0 Å². The number of carbonyl (C=O) groups is 2. The molecule has 2 heterocycles. The van der Waals surface area contributed by atoms with Gasteiger partial charge in [0, 0.05) is 24.1 Å². The molecule has 2 aliphatic heterocycles. The second-order valence-electron chi connectivity index (χ2n) is 7.95. The summed E-state index contributed by atoms with van der Waals surface area (Å²) in [6.07, 6.45) is 2.91. The molecule has 2 aliphatic rings. The first-order chi connectivity index (χ1) is 14.0. The van der Waals surface area contributed by atoms with E-state index in [1.54, 1.807) is 12.1 Å². The predicted molar refractivity (Wildman–Crippen MR) is 110 cm³/mol. The molecular weight excluding hydrogens is 368 g/mol. The number of benzene rings is 2. The summed E-state index contributed by atoms with van der Waals surface area (Å²) < 4.78 is 5.64. The van der Waals surface area contributed by atoms with Gasteiger partial charge in [-0.3, -0.25) is 4.79 Å². The van der Waals surface area contributed by atoms with Gasteiger partial charge in [0.15, 0.2) is 0 Å². The number of nitrogens with zero attached hydrogens (tertiary/aromatic N) is 1. The Morgan fingerprint density at radius 1 is 1.14 bits per heavy atom. The minimum Gasteiger partial charge on any atom is -0.493 e. The van der Waals surface area contributed by atoms with E-state index in [9.17, 15) is 14.7 Å². The number of likely N-dealkylation sites (tertiary alicyclic amines) is 1. The van der Waals surface area contributed by atoms with E-state index in [1.807, 2.05) is 18.2 Å². The summed E-state index contributed by atoms with van der Waals surface area (Å²) >= 11 is 0. The lowest BCUT2D eigenvalue weighted by Crippen LogP contribution is -2.33. The van der Waals surface area contributed by atoms with Crippen LogP contribution >= 0.6 is 0 Å².